The number of unbranched alkanes of at least 4 members (excludes halogenated alkanes) is 1. The summed E-state index contributed by atoms with van der Waals surface area (Å²) in [7, 11) is 0. The van der Waals surface area contributed by atoms with E-state index in [1.807, 2.05) is 0 Å². The summed E-state index contributed by atoms with van der Waals surface area (Å²) in [4.78, 5) is 0. The van der Waals surface area contributed by atoms with Crippen molar-refractivity contribution < 1.29 is 9.47 Å². The van der Waals surface area contributed by atoms with Crippen LogP contribution in [0.5, 0.6) is 0 Å². The van der Waals surface area contributed by atoms with Crippen molar-refractivity contribution in [1.82, 2.24) is 0 Å². The molecule has 0 aromatic rings. The Hall–Kier alpha value is -0.580. The zero-order valence-corrected chi connectivity index (χ0v) is 8.78. The van der Waals surface area contributed by atoms with E-state index in [2.05, 4.69) is 0 Å². The van der Waals surface area contributed by atoms with Gasteiger partial charge in [0.15, 0.2) is 0 Å². The van der Waals surface area contributed by atoms with E-state index in [1.54, 1.807) is 6.08 Å². The van der Waals surface area contributed by atoms with Crippen LogP contribution in [-0.2, 0) is 9.47 Å². The van der Waals surface area contributed by atoms with Crippen molar-refractivity contribution in [2.75, 3.05) is 33.0 Å². The molecule has 4 N–H and O–H groups in total. The van der Waals surface area contributed by atoms with E-state index in [0.29, 0.717) is 13.2 Å². The third kappa shape index (κ3) is 11.4. The summed E-state index contributed by atoms with van der Waals surface area (Å²) < 4.78 is 10.6. The van der Waals surface area contributed by atoms with Gasteiger partial charge in [0, 0.05) is 19.8 Å². The number of hydrogen-bond donors (Lipinski definition) is 2. The molecule has 14 heavy (non-hydrogen) atoms. The Morgan fingerprint density at radius 2 is 1.57 bits per heavy atom. The number of hydrogen-bond acceptors (Lipinski definition) is 4. The molecule has 0 aromatic heterocycles. The second-order valence-electron chi connectivity index (χ2n) is 2.96. The monoisotopic (exact) mass is 202 g/mol. The van der Waals surface area contributed by atoms with Gasteiger partial charge in [-0.05, 0) is 38.1 Å². The lowest BCUT2D eigenvalue weighted by Crippen LogP contribution is -2.05. The van der Waals surface area contributed by atoms with Gasteiger partial charge in [-0.2, -0.15) is 0 Å². The van der Waals surface area contributed by atoms with Gasteiger partial charge in [-0.25, -0.2) is 0 Å². The lowest BCUT2D eigenvalue weighted by atomic mass is 10.3. The van der Waals surface area contributed by atoms with Crippen molar-refractivity contribution in [3.8, 4) is 0 Å². The van der Waals surface area contributed by atoms with Gasteiger partial charge in [-0.15, -0.1) is 0 Å². The lowest BCUT2D eigenvalue weighted by molar-refractivity contribution is 0.112. The van der Waals surface area contributed by atoms with Crippen LogP contribution in [-0.4, -0.2) is 33.0 Å². The van der Waals surface area contributed by atoms with Crippen molar-refractivity contribution in [3.63, 3.8) is 0 Å². The Kier molecular flexibility index (Phi) is 11.9. The first kappa shape index (κ1) is 13.4. The third-order valence-electron chi connectivity index (χ3n) is 1.67. The van der Waals surface area contributed by atoms with Gasteiger partial charge in [0.25, 0.3) is 0 Å². The minimum absolute atomic E-state index is 0.602. The molecule has 0 bridgehead atoms. The standard InChI is InChI=1S/C10H22N2O2/c11-5-3-9-13-7-1-2-8-14-10-4-6-12/h3,5H,1-2,4,6-12H2. The largest absolute Gasteiger partial charge is 0.405 e. The SMILES string of the molecule is NC=CCOCCCCOCCCN. The van der Waals surface area contributed by atoms with Crippen LogP contribution in [0.1, 0.15) is 19.3 Å². The quantitative estimate of drug-likeness (QED) is 0.509. The molecule has 0 saturated carbocycles. The van der Waals surface area contributed by atoms with Crippen LogP contribution in [0.3, 0.4) is 0 Å². The molecule has 0 saturated heterocycles. The second-order valence-corrected chi connectivity index (χ2v) is 2.96. The molecule has 0 atom stereocenters. The Labute approximate surface area is 86.2 Å². The maximum absolute atomic E-state index is 5.33. The number of rotatable bonds is 10. The molecular formula is C10H22N2O2. The molecule has 0 amide bonds. The van der Waals surface area contributed by atoms with E-state index >= 15 is 0 Å². The van der Waals surface area contributed by atoms with Crippen LogP contribution in [0, 0.1) is 0 Å². The highest BCUT2D eigenvalue weighted by molar-refractivity contribution is 4.74. The second kappa shape index (κ2) is 12.4. The number of ether oxygens (including phenoxy) is 2. The molecule has 0 radical (unpaired) electrons. The van der Waals surface area contributed by atoms with E-state index in [1.165, 1.54) is 6.20 Å². The summed E-state index contributed by atoms with van der Waals surface area (Å²) in [5, 5.41) is 0. The number of nitrogens with two attached hydrogens (primary N) is 2. The molecule has 0 heterocycles. The highest BCUT2D eigenvalue weighted by atomic mass is 16.5. The molecule has 0 unspecified atom stereocenters. The van der Waals surface area contributed by atoms with Crippen molar-refractivity contribution in [1.29, 1.82) is 0 Å². The predicted octanol–water partition coefficient (Wildman–Crippen LogP) is 0.621. The van der Waals surface area contributed by atoms with E-state index in [-0.39, 0.29) is 0 Å². The van der Waals surface area contributed by atoms with Crippen molar-refractivity contribution in [2.24, 2.45) is 11.5 Å². The fourth-order valence-electron chi connectivity index (χ4n) is 0.903. The average molecular weight is 202 g/mol. The van der Waals surface area contributed by atoms with Crippen LogP contribution in [0.25, 0.3) is 0 Å². The summed E-state index contributed by atoms with van der Waals surface area (Å²) in [6.45, 7) is 3.65. The van der Waals surface area contributed by atoms with Crippen molar-refractivity contribution in [2.45, 2.75) is 19.3 Å². The smallest absolute Gasteiger partial charge is 0.0664 e. The Morgan fingerprint density at radius 1 is 0.929 bits per heavy atom. The van der Waals surface area contributed by atoms with Crippen LogP contribution in [0.15, 0.2) is 12.3 Å². The van der Waals surface area contributed by atoms with Gasteiger partial charge in [-0.1, -0.05) is 0 Å². The molecule has 4 nitrogen and oxygen atoms in total. The predicted molar refractivity (Wildman–Crippen MR) is 57.9 cm³/mol. The normalized spacial score (nSPS) is 11.2. The van der Waals surface area contributed by atoms with Crippen LogP contribution in [0.4, 0.5) is 0 Å². The summed E-state index contributed by atoms with van der Waals surface area (Å²) in [5.74, 6) is 0. The van der Waals surface area contributed by atoms with Crippen LogP contribution >= 0.6 is 0 Å². The first-order chi connectivity index (χ1) is 6.91. The van der Waals surface area contributed by atoms with Crippen LogP contribution < -0.4 is 11.5 Å². The summed E-state index contributed by atoms with van der Waals surface area (Å²) >= 11 is 0. The summed E-state index contributed by atoms with van der Waals surface area (Å²) in [5.41, 5.74) is 10.5. The molecule has 0 aliphatic carbocycles. The van der Waals surface area contributed by atoms with Gasteiger partial charge < -0.3 is 20.9 Å². The Morgan fingerprint density at radius 3 is 2.21 bits per heavy atom. The molecular weight excluding hydrogens is 180 g/mol. The lowest BCUT2D eigenvalue weighted by Gasteiger charge is -2.03. The fourth-order valence-corrected chi connectivity index (χ4v) is 0.903. The molecule has 84 valence electrons. The molecule has 0 rings (SSSR count). The zero-order valence-electron chi connectivity index (χ0n) is 8.78. The van der Waals surface area contributed by atoms with Gasteiger partial charge in [0.05, 0.1) is 6.61 Å². The van der Waals surface area contributed by atoms with Crippen molar-refractivity contribution in [3.05, 3.63) is 12.3 Å². The van der Waals surface area contributed by atoms with E-state index in [0.717, 1.165) is 39.1 Å². The molecule has 4 heteroatoms. The molecule has 0 aromatic carbocycles. The molecule has 0 aliphatic heterocycles. The van der Waals surface area contributed by atoms with Gasteiger partial charge in [-0.3, -0.25) is 0 Å². The van der Waals surface area contributed by atoms with Crippen LogP contribution in [0.2, 0.25) is 0 Å². The first-order valence-corrected chi connectivity index (χ1v) is 5.14. The van der Waals surface area contributed by atoms with Crippen molar-refractivity contribution >= 4 is 0 Å². The Balaban J connectivity index is 2.85. The minimum Gasteiger partial charge on any atom is -0.405 e. The molecule has 0 aliphatic rings. The maximum Gasteiger partial charge on any atom is 0.0664 e. The topological polar surface area (TPSA) is 70.5 Å². The Bertz CT molecular complexity index is 129. The zero-order chi connectivity index (χ0) is 10.5. The summed E-state index contributed by atoms with van der Waals surface area (Å²) in [6, 6.07) is 0. The van der Waals surface area contributed by atoms with Gasteiger partial charge in [0.2, 0.25) is 0 Å². The average Bonchev–Trinajstić information content (AvgIpc) is 2.21. The highest BCUT2D eigenvalue weighted by Gasteiger charge is 1.89. The van der Waals surface area contributed by atoms with E-state index in [9.17, 15) is 0 Å². The summed E-state index contributed by atoms with van der Waals surface area (Å²) in [6.07, 6.45) is 6.30. The first-order valence-electron chi connectivity index (χ1n) is 5.14. The maximum atomic E-state index is 5.33. The van der Waals surface area contributed by atoms with E-state index in [4.69, 9.17) is 20.9 Å². The molecule has 0 fully saturated rings. The highest BCUT2D eigenvalue weighted by Crippen LogP contribution is 1.92. The van der Waals surface area contributed by atoms with Gasteiger partial charge >= 0.3 is 0 Å². The van der Waals surface area contributed by atoms with Gasteiger partial charge in [0.1, 0.15) is 0 Å². The fraction of sp³-hybridized carbons (Fsp3) is 0.800. The van der Waals surface area contributed by atoms with E-state index < -0.39 is 0 Å². The molecule has 0 spiro atoms. The third-order valence-corrected chi connectivity index (χ3v) is 1.67. The minimum atomic E-state index is 0.602.